The van der Waals surface area contributed by atoms with Gasteiger partial charge >= 0.3 is 0 Å². The van der Waals surface area contributed by atoms with E-state index in [-0.39, 0.29) is 11.9 Å². The highest BCUT2D eigenvalue weighted by Crippen LogP contribution is 2.22. The molecule has 1 aliphatic rings. The van der Waals surface area contributed by atoms with Crippen molar-refractivity contribution in [1.82, 2.24) is 20.6 Å². The van der Waals surface area contributed by atoms with Crippen LogP contribution in [0.3, 0.4) is 0 Å². The summed E-state index contributed by atoms with van der Waals surface area (Å²) in [6, 6.07) is 7.61. The fourth-order valence-electron chi connectivity index (χ4n) is 2.21. The van der Waals surface area contributed by atoms with Crippen LogP contribution in [0.1, 0.15) is 11.6 Å². The van der Waals surface area contributed by atoms with Crippen molar-refractivity contribution in [1.29, 1.82) is 0 Å². The van der Waals surface area contributed by atoms with Gasteiger partial charge in [-0.1, -0.05) is 18.2 Å². The van der Waals surface area contributed by atoms with Crippen molar-refractivity contribution in [2.75, 3.05) is 13.1 Å². The maximum absolute atomic E-state index is 11.8. The van der Waals surface area contributed by atoms with Crippen molar-refractivity contribution < 1.29 is 4.79 Å². The molecule has 1 amide bonds. The lowest BCUT2D eigenvalue weighted by atomic mass is 9.99. The number of piperazine rings is 1. The number of nitrogens with one attached hydrogen (secondary N) is 2. The maximum atomic E-state index is 11.8. The molecule has 1 aliphatic heterocycles. The van der Waals surface area contributed by atoms with Gasteiger partial charge in [0, 0.05) is 31.0 Å². The molecule has 2 aromatic rings. The van der Waals surface area contributed by atoms with Crippen molar-refractivity contribution >= 4 is 5.91 Å². The maximum Gasteiger partial charge on any atom is 0.241 e. The molecule has 1 atom stereocenters. The molecule has 5 nitrogen and oxygen atoms in total. The second kappa shape index (κ2) is 5.16. The Bertz CT molecular complexity index is 585. The minimum Gasteiger partial charge on any atom is -0.353 e. The van der Waals surface area contributed by atoms with E-state index < -0.39 is 0 Å². The summed E-state index contributed by atoms with van der Waals surface area (Å²) in [5, 5.41) is 6.08. The van der Waals surface area contributed by atoms with Crippen LogP contribution in [0.5, 0.6) is 0 Å². The molecule has 0 aliphatic carbocycles. The number of carbonyl (C=O) groups excluding carboxylic acids is 1. The van der Waals surface area contributed by atoms with Crippen LogP contribution in [0.2, 0.25) is 0 Å². The van der Waals surface area contributed by atoms with Gasteiger partial charge in [0.25, 0.3) is 0 Å². The third-order valence-corrected chi connectivity index (χ3v) is 3.15. The van der Waals surface area contributed by atoms with E-state index in [9.17, 15) is 4.79 Å². The van der Waals surface area contributed by atoms with Crippen LogP contribution in [0, 0.1) is 0 Å². The predicted octanol–water partition coefficient (Wildman–Crippen LogP) is 0.904. The zero-order valence-electron chi connectivity index (χ0n) is 10.3. The van der Waals surface area contributed by atoms with Gasteiger partial charge in [0.05, 0.1) is 0 Å². The number of hydrogen-bond acceptors (Lipinski definition) is 4. The lowest BCUT2D eigenvalue weighted by molar-refractivity contribution is -0.124. The summed E-state index contributed by atoms with van der Waals surface area (Å²) >= 11 is 0. The van der Waals surface area contributed by atoms with Gasteiger partial charge in [-0.15, -0.1) is 0 Å². The molecule has 0 spiro atoms. The van der Waals surface area contributed by atoms with E-state index in [2.05, 4.69) is 20.6 Å². The molecule has 3 rings (SSSR count). The van der Waals surface area contributed by atoms with E-state index in [1.165, 1.54) is 6.33 Å². The van der Waals surface area contributed by atoms with E-state index in [1.54, 1.807) is 12.4 Å². The minimum atomic E-state index is -0.279. The first kappa shape index (κ1) is 11.8. The number of benzene rings is 1. The van der Waals surface area contributed by atoms with Gasteiger partial charge in [-0.05, 0) is 17.2 Å². The van der Waals surface area contributed by atoms with Crippen LogP contribution in [0.4, 0.5) is 0 Å². The lowest BCUT2D eigenvalue weighted by Crippen LogP contribution is -2.47. The standard InChI is InChI=1S/C14H14N4O/c19-14-13(17-4-5-18-14)11-3-1-2-10(6-11)12-7-15-9-16-8-12/h1-3,6-9,13,17H,4-5H2,(H,18,19). The van der Waals surface area contributed by atoms with Crippen molar-refractivity contribution in [3.63, 3.8) is 0 Å². The number of amides is 1. The molecule has 1 fully saturated rings. The number of carbonyl (C=O) groups is 1. The Kier molecular flexibility index (Phi) is 3.20. The predicted molar refractivity (Wildman–Crippen MR) is 71.2 cm³/mol. The van der Waals surface area contributed by atoms with Gasteiger partial charge < -0.3 is 10.6 Å². The number of aromatic nitrogens is 2. The number of rotatable bonds is 2. The molecule has 1 aromatic heterocycles. The summed E-state index contributed by atoms with van der Waals surface area (Å²) in [5.41, 5.74) is 2.91. The van der Waals surface area contributed by atoms with Gasteiger partial charge in [-0.3, -0.25) is 4.79 Å². The molecular weight excluding hydrogens is 240 g/mol. The smallest absolute Gasteiger partial charge is 0.241 e. The number of nitrogens with zero attached hydrogens (tertiary/aromatic N) is 2. The normalized spacial score (nSPS) is 18.9. The minimum absolute atomic E-state index is 0.0210. The van der Waals surface area contributed by atoms with Gasteiger partial charge in [0.2, 0.25) is 5.91 Å². The first-order chi connectivity index (χ1) is 9.34. The van der Waals surface area contributed by atoms with Crippen LogP contribution in [0.25, 0.3) is 11.1 Å². The van der Waals surface area contributed by atoms with Gasteiger partial charge in [-0.25, -0.2) is 9.97 Å². The molecule has 96 valence electrons. The fraction of sp³-hybridized carbons (Fsp3) is 0.214. The van der Waals surface area contributed by atoms with Crippen molar-refractivity contribution in [3.8, 4) is 11.1 Å². The Morgan fingerprint density at radius 1 is 1.11 bits per heavy atom. The molecule has 0 saturated carbocycles. The average molecular weight is 254 g/mol. The van der Waals surface area contributed by atoms with E-state index >= 15 is 0 Å². The van der Waals surface area contributed by atoms with E-state index in [1.807, 2.05) is 24.3 Å². The SMILES string of the molecule is O=C1NCCNC1c1cccc(-c2cncnc2)c1. The van der Waals surface area contributed by atoms with Crippen LogP contribution < -0.4 is 10.6 Å². The van der Waals surface area contributed by atoms with Crippen LogP contribution in [-0.4, -0.2) is 29.0 Å². The molecule has 1 unspecified atom stereocenters. The molecule has 1 aromatic carbocycles. The third kappa shape index (κ3) is 2.46. The van der Waals surface area contributed by atoms with E-state index in [0.29, 0.717) is 6.54 Å². The third-order valence-electron chi connectivity index (χ3n) is 3.15. The summed E-state index contributed by atoms with van der Waals surface area (Å²) in [7, 11) is 0. The molecule has 0 radical (unpaired) electrons. The zero-order valence-corrected chi connectivity index (χ0v) is 10.3. The molecule has 5 heteroatoms. The van der Waals surface area contributed by atoms with Gasteiger partial charge in [0.15, 0.2) is 0 Å². The van der Waals surface area contributed by atoms with E-state index in [0.717, 1.165) is 23.2 Å². The van der Waals surface area contributed by atoms with Gasteiger partial charge in [0.1, 0.15) is 12.4 Å². The first-order valence-electron chi connectivity index (χ1n) is 6.21. The van der Waals surface area contributed by atoms with Crippen LogP contribution in [-0.2, 0) is 4.79 Å². The number of hydrogen-bond donors (Lipinski definition) is 2. The zero-order chi connectivity index (χ0) is 13.1. The quantitative estimate of drug-likeness (QED) is 0.835. The first-order valence-corrected chi connectivity index (χ1v) is 6.21. The molecular formula is C14H14N4O. The highest BCUT2D eigenvalue weighted by molar-refractivity contribution is 5.84. The second-order valence-corrected chi connectivity index (χ2v) is 4.43. The lowest BCUT2D eigenvalue weighted by Gasteiger charge is -2.24. The average Bonchev–Trinajstić information content (AvgIpc) is 2.49. The van der Waals surface area contributed by atoms with Gasteiger partial charge in [-0.2, -0.15) is 0 Å². The van der Waals surface area contributed by atoms with Crippen LogP contribution >= 0.6 is 0 Å². The Hall–Kier alpha value is -2.27. The molecule has 1 saturated heterocycles. The molecule has 19 heavy (non-hydrogen) atoms. The fourth-order valence-corrected chi connectivity index (χ4v) is 2.21. The Balaban J connectivity index is 1.94. The Morgan fingerprint density at radius 2 is 1.95 bits per heavy atom. The largest absolute Gasteiger partial charge is 0.353 e. The molecule has 2 N–H and O–H groups in total. The Morgan fingerprint density at radius 3 is 2.74 bits per heavy atom. The molecule has 2 heterocycles. The van der Waals surface area contributed by atoms with Crippen molar-refractivity contribution in [3.05, 3.63) is 48.5 Å². The van der Waals surface area contributed by atoms with Crippen molar-refractivity contribution in [2.45, 2.75) is 6.04 Å². The highest BCUT2D eigenvalue weighted by Gasteiger charge is 2.23. The summed E-state index contributed by atoms with van der Waals surface area (Å²) in [5.74, 6) is 0.0210. The molecule has 0 bridgehead atoms. The summed E-state index contributed by atoms with van der Waals surface area (Å²) in [4.78, 5) is 19.9. The summed E-state index contributed by atoms with van der Waals surface area (Å²) in [6.45, 7) is 1.47. The topological polar surface area (TPSA) is 66.9 Å². The van der Waals surface area contributed by atoms with Crippen LogP contribution in [0.15, 0.2) is 43.0 Å². The monoisotopic (exact) mass is 254 g/mol. The highest BCUT2D eigenvalue weighted by atomic mass is 16.2. The Labute approximate surface area is 111 Å². The van der Waals surface area contributed by atoms with E-state index in [4.69, 9.17) is 0 Å². The summed E-state index contributed by atoms with van der Waals surface area (Å²) in [6.07, 6.45) is 5.03. The second-order valence-electron chi connectivity index (χ2n) is 4.43. The van der Waals surface area contributed by atoms with Crippen molar-refractivity contribution in [2.24, 2.45) is 0 Å². The summed E-state index contributed by atoms with van der Waals surface area (Å²) < 4.78 is 0.